The fourth-order valence-corrected chi connectivity index (χ4v) is 3.60. The molecular weight excluding hydrogens is 396 g/mol. The average Bonchev–Trinajstić information content (AvgIpc) is 2.73. The standard InChI is InChI=1S/C25H28N2O2.ClH/c1-28-24(13-19-6-3-2-4-7-19)14-20-8-5-9-21(12-20)22-15-25(17-26-16-22)29-18-23-10-11-27-23;/h2-9,12,15-17,23-24,27H,10-11,13-14,18H2,1H3;1H/t23-,24-;/m0./s1. The molecule has 0 unspecified atom stereocenters. The Morgan fingerprint density at radius 3 is 2.47 bits per heavy atom. The minimum Gasteiger partial charge on any atom is -0.490 e. The van der Waals surface area contributed by atoms with Gasteiger partial charge < -0.3 is 14.8 Å². The summed E-state index contributed by atoms with van der Waals surface area (Å²) < 4.78 is 11.7. The van der Waals surface area contributed by atoms with Crippen molar-refractivity contribution in [3.8, 4) is 16.9 Å². The van der Waals surface area contributed by atoms with Crippen LogP contribution in [0.3, 0.4) is 0 Å². The fraction of sp³-hybridized carbons (Fsp3) is 0.320. The number of ether oxygens (including phenoxy) is 2. The minimum absolute atomic E-state index is 0. The Morgan fingerprint density at radius 1 is 0.967 bits per heavy atom. The topological polar surface area (TPSA) is 43.4 Å². The fourth-order valence-electron chi connectivity index (χ4n) is 3.60. The van der Waals surface area contributed by atoms with Gasteiger partial charge in [-0.15, -0.1) is 12.4 Å². The molecule has 3 aromatic rings. The van der Waals surface area contributed by atoms with Gasteiger partial charge in [0.05, 0.1) is 12.3 Å². The van der Waals surface area contributed by atoms with Gasteiger partial charge in [0, 0.05) is 24.9 Å². The van der Waals surface area contributed by atoms with E-state index in [1.165, 1.54) is 17.5 Å². The van der Waals surface area contributed by atoms with Gasteiger partial charge in [-0.3, -0.25) is 4.98 Å². The summed E-state index contributed by atoms with van der Waals surface area (Å²) in [5.74, 6) is 0.820. The monoisotopic (exact) mass is 424 g/mol. The molecule has 1 aromatic heterocycles. The summed E-state index contributed by atoms with van der Waals surface area (Å²) >= 11 is 0. The van der Waals surface area contributed by atoms with E-state index in [0.717, 1.165) is 36.3 Å². The van der Waals surface area contributed by atoms with Gasteiger partial charge in [0.25, 0.3) is 0 Å². The first kappa shape index (κ1) is 22.3. The third-order valence-corrected chi connectivity index (χ3v) is 5.45. The van der Waals surface area contributed by atoms with E-state index >= 15 is 0 Å². The minimum atomic E-state index is 0. The van der Waals surface area contributed by atoms with Crippen LogP contribution in [0.1, 0.15) is 17.5 Å². The van der Waals surface area contributed by atoms with Gasteiger partial charge in [-0.2, -0.15) is 0 Å². The van der Waals surface area contributed by atoms with Crippen LogP contribution in [-0.4, -0.2) is 37.4 Å². The van der Waals surface area contributed by atoms with E-state index in [9.17, 15) is 0 Å². The molecule has 1 aliphatic heterocycles. The maximum absolute atomic E-state index is 5.91. The number of halogens is 1. The number of aromatic nitrogens is 1. The highest BCUT2D eigenvalue weighted by molar-refractivity contribution is 5.85. The lowest BCUT2D eigenvalue weighted by Gasteiger charge is -2.27. The Hall–Kier alpha value is -2.40. The average molecular weight is 425 g/mol. The molecule has 2 atom stereocenters. The summed E-state index contributed by atoms with van der Waals surface area (Å²) in [5, 5.41) is 3.35. The molecule has 4 rings (SSSR count). The number of nitrogens with one attached hydrogen (secondary N) is 1. The Balaban J connectivity index is 0.00000256. The number of pyridine rings is 1. The SMILES string of the molecule is CO[C@@H](Cc1ccccc1)Cc1cccc(-c2cncc(OC[C@@H]3CCN3)c2)c1.Cl. The van der Waals surface area contributed by atoms with Gasteiger partial charge in [0.2, 0.25) is 0 Å². The second kappa shape index (κ2) is 11.1. The van der Waals surface area contributed by atoms with Crippen LogP contribution < -0.4 is 10.1 Å². The van der Waals surface area contributed by atoms with Crippen LogP contribution >= 0.6 is 12.4 Å². The first-order valence-electron chi connectivity index (χ1n) is 10.3. The van der Waals surface area contributed by atoms with Crippen molar-refractivity contribution >= 4 is 12.4 Å². The molecule has 0 spiro atoms. The summed E-state index contributed by atoms with van der Waals surface area (Å²) in [4.78, 5) is 4.38. The van der Waals surface area contributed by atoms with Gasteiger partial charge in [-0.05, 0) is 48.6 Å². The molecule has 1 fully saturated rings. The van der Waals surface area contributed by atoms with E-state index in [-0.39, 0.29) is 18.5 Å². The smallest absolute Gasteiger partial charge is 0.138 e. The number of nitrogens with zero attached hydrogens (tertiary/aromatic N) is 1. The molecule has 0 saturated carbocycles. The van der Waals surface area contributed by atoms with Crippen molar-refractivity contribution in [2.45, 2.75) is 31.4 Å². The highest BCUT2D eigenvalue weighted by Gasteiger charge is 2.17. The van der Waals surface area contributed by atoms with Crippen molar-refractivity contribution < 1.29 is 9.47 Å². The third kappa shape index (κ3) is 6.05. The summed E-state index contributed by atoms with van der Waals surface area (Å²) in [6, 6.07) is 21.7. The van der Waals surface area contributed by atoms with Crippen LogP contribution in [0.5, 0.6) is 5.75 Å². The Bertz CT molecular complexity index is 916. The Labute approximate surface area is 185 Å². The molecule has 1 N–H and O–H groups in total. The van der Waals surface area contributed by atoms with Crippen LogP contribution in [0.2, 0.25) is 0 Å². The molecule has 1 aliphatic rings. The predicted octanol–water partition coefficient (Wildman–Crippen LogP) is 4.71. The lowest BCUT2D eigenvalue weighted by Crippen LogP contribution is -2.46. The van der Waals surface area contributed by atoms with Crippen LogP contribution in [0.4, 0.5) is 0 Å². The Morgan fingerprint density at radius 2 is 1.73 bits per heavy atom. The molecule has 30 heavy (non-hydrogen) atoms. The number of hydrogen-bond donors (Lipinski definition) is 1. The van der Waals surface area contributed by atoms with Gasteiger partial charge in [0.1, 0.15) is 12.4 Å². The molecule has 158 valence electrons. The van der Waals surface area contributed by atoms with E-state index in [4.69, 9.17) is 9.47 Å². The first-order chi connectivity index (χ1) is 14.3. The van der Waals surface area contributed by atoms with Crippen molar-refractivity contribution in [1.29, 1.82) is 0 Å². The summed E-state index contributed by atoms with van der Waals surface area (Å²) in [5.41, 5.74) is 4.78. The molecule has 2 heterocycles. The molecule has 0 bridgehead atoms. The molecule has 0 radical (unpaired) electrons. The first-order valence-corrected chi connectivity index (χ1v) is 10.3. The second-order valence-corrected chi connectivity index (χ2v) is 7.61. The van der Waals surface area contributed by atoms with Crippen LogP contribution in [0.25, 0.3) is 11.1 Å². The zero-order chi connectivity index (χ0) is 19.9. The highest BCUT2D eigenvalue weighted by atomic mass is 35.5. The zero-order valence-electron chi connectivity index (χ0n) is 17.3. The van der Waals surface area contributed by atoms with Crippen LogP contribution in [-0.2, 0) is 17.6 Å². The quantitative estimate of drug-likeness (QED) is 0.540. The second-order valence-electron chi connectivity index (χ2n) is 7.61. The van der Waals surface area contributed by atoms with E-state index in [1.54, 1.807) is 13.3 Å². The maximum atomic E-state index is 5.91. The molecule has 4 nitrogen and oxygen atoms in total. The van der Waals surface area contributed by atoms with Gasteiger partial charge in [-0.1, -0.05) is 54.6 Å². The largest absolute Gasteiger partial charge is 0.490 e. The number of benzene rings is 2. The molecular formula is C25H29ClN2O2. The van der Waals surface area contributed by atoms with Crippen LogP contribution in [0.15, 0.2) is 73.1 Å². The maximum Gasteiger partial charge on any atom is 0.138 e. The van der Waals surface area contributed by atoms with Crippen molar-refractivity contribution in [3.05, 3.63) is 84.2 Å². The molecule has 5 heteroatoms. The normalized spacial score (nSPS) is 16.2. The molecule has 0 amide bonds. The van der Waals surface area contributed by atoms with Crippen molar-refractivity contribution in [1.82, 2.24) is 10.3 Å². The van der Waals surface area contributed by atoms with Gasteiger partial charge >= 0.3 is 0 Å². The predicted molar refractivity (Wildman–Crippen MR) is 123 cm³/mol. The zero-order valence-corrected chi connectivity index (χ0v) is 18.1. The van der Waals surface area contributed by atoms with E-state index in [0.29, 0.717) is 12.6 Å². The van der Waals surface area contributed by atoms with Gasteiger partial charge in [-0.25, -0.2) is 0 Å². The van der Waals surface area contributed by atoms with Crippen molar-refractivity contribution in [2.24, 2.45) is 0 Å². The summed E-state index contributed by atoms with van der Waals surface area (Å²) in [7, 11) is 1.79. The lowest BCUT2D eigenvalue weighted by atomic mass is 9.98. The highest BCUT2D eigenvalue weighted by Crippen LogP contribution is 2.25. The third-order valence-electron chi connectivity index (χ3n) is 5.45. The van der Waals surface area contributed by atoms with Crippen LogP contribution in [0, 0.1) is 0 Å². The Kier molecular flexibility index (Phi) is 8.26. The number of hydrogen-bond acceptors (Lipinski definition) is 4. The van der Waals surface area contributed by atoms with E-state index in [1.807, 2.05) is 12.3 Å². The van der Waals surface area contributed by atoms with E-state index < -0.39 is 0 Å². The van der Waals surface area contributed by atoms with Crippen molar-refractivity contribution in [2.75, 3.05) is 20.3 Å². The summed E-state index contributed by atoms with van der Waals surface area (Å²) in [6.07, 6.45) is 6.78. The van der Waals surface area contributed by atoms with E-state index in [2.05, 4.69) is 64.9 Å². The summed E-state index contributed by atoms with van der Waals surface area (Å²) in [6.45, 7) is 1.78. The molecule has 1 saturated heterocycles. The number of methoxy groups -OCH3 is 1. The van der Waals surface area contributed by atoms with Gasteiger partial charge in [0.15, 0.2) is 0 Å². The van der Waals surface area contributed by atoms with Crippen molar-refractivity contribution in [3.63, 3.8) is 0 Å². The lowest BCUT2D eigenvalue weighted by molar-refractivity contribution is 0.103. The molecule has 0 aliphatic carbocycles. The molecule has 2 aromatic carbocycles. The number of rotatable bonds is 9.